The van der Waals surface area contributed by atoms with Crippen LogP contribution in [-0.2, 0) is 13.1 Å². The molecule has 0 bridgehead atoms. The number of fused-ring (bicyclic) bond motifs is 1. The summed E-state index contributed by atoms with van der Waals surface area (Å²) in [5.74, 6) is 0.491. The molecule has 114 valence electrons. The summed E-state index contributed by atoms with van der Waals surface area (Å²) in [7, 11) is 0. The molecule has 0 aliphatic heterocycles. The van der Waals surface area contributed by atoms with Gasteiger partial charge in [0.15, 0.2) is 11.5 Å². The second-order valence-electron chi connectivity index (χ2n) is 5.05. The third-order valence-electron chi connectivity index (χ3n) is 3.47. The van der Waals surface area contributed by atoms with Gasteiger partial charge in [0, 0.05) is 17.9 Å². The summed E-state index contributed by atoms with van der Waals surface area (Å²) in [6.45, 7) is 6.89. The lowest BCUT2D eigenvalue weighted by molar-refractivity contribution is 0.0951. The molecule has 3 aromatic heterocycles. The van der Waals surface area contributed by atoms with Gasteiger partial charge in [-0.15, -0.1) is 10.2 Å². The Hall–Kier alpha value is -2.77. The van der Waals surface area contributed by atoms with Crippen LogP contribution in [-0.4, -0.2) is 35.3 Å². The van der Waals surface area contributed by atoms with Crippen LogP contribution in [0.5, 0.6) is 0 Å². The molecule has 1 amide bonds. The molecule has 3 rings (SSSR count). The van der Waals surface area contributed by atoms with E-state index in [9.17, 15) is 4.79 Å². The lowest BCUT2D eigenvalue weighted by atomic mass is 10.3. The molecule has 0 spiro atoms. The Morgan fingerprint density at radius 2 is 2.18 bits per heavy atom. The Labute approximate surface area is 127 Å². The molecule has 0 aliphatic rings. The molecule has 0 saturated carbocycles. The van der Waals surface area contributed by atoms with Crippen molar-refractivity contribution in [2.24, 2.45) is 0 Å². The van der Waals surface area contributed by atoms with E-state index in [0.29, 0.717) is 23.6 Å². The summed E-state index contributed by atoms with van der Waals surface area (Å²) in [5.41, 5.74) is 2.80. The lowest BCUT2D eigenvalue weighted by Crippen LogP contribution is -2.24. The molecule has 3 aromatic rings. The minimum atomic E-state index is -0.224. The normalized spacial score (nSPS) is 11.0. The van der Waals surface area contributed by atoms with Gasteiger partial charge >= 0.3 is 0 Å². The number of amides is 1. The van der Waals surface area contributed by atoms with Crippen molar-refractivity contribution in [3.8, 4) is 0 Å². The van der Waals surface area contributed by atoms with Crippen molar-refractivity contribution in [2.75, 3.05) is 0 Å². The molecule has 22 heavy (non-hydrogen) atoms. The molecule has 0 atom stereocenters. The number of nitrogens with zero attached hydrogens (tertiary/aromatic N) is 6. The highest BCUT2D eigenvalue weighted by atomic mass is 16.1. The Morgan fingerprint density at radius 1 is 1.36 bits per heavy atom. The van der Waals surface area contributed by atoms with Crippen molar-refractivity contribution in [3.05, 3.63) is 41.4 Å². The zero-order chi connectivity index (χ0) is 15.7. The van der Waals surface area contributed by atoms with Crippen LogP contribution < -0.4 is 5.32 Å². The first kappa shape index (κ1) is 14.2. The monoisotopic (exact) mass is 299 g/mol. The Kier molecular flexibility index (Phi) is 3.58. The van der Waals surface area contributed by atoms with Gasteiger partial charge in [0.25, 0.3) is 5.91 Å². The highest BCUT2D eigenvalue weighted by Gasteiger charge is 2.16. The topological polar surface area (TPSA) is 90.0 Å². The van der Waals surface area contributed by atoms with Gasteiger partial charge in [0.1, 0.15) is 11.9 Å². The summed E-state index contributed by atoms with van der Waals surface area (Å²) < 4.78 is 3.54. The van der Waals surface area contributed by atoms with E-state index < -0.39 is 0 Å². The van der Waals surface area contributed by atoms with E-state index in [1.807, 2.05) is 31.4 Å². The van der Waals surface area contributed by atoms with Gasteiger partial charge in [-0.05, 0) is 26.8 Å². The van der Waals surface area contributed by atoms with Crippen molar-refractivity contribution in [3.63, 3.8) is 0 Å². The predicted molar refractivity (Wildman–Crippen MR) is 79.3 cm³/mol. The second kappa shape index (κ2) is 5.55. The SMILES string of the molecule is CCn1cnnc1CNC(=O)c1cnn2c(C)cc(C)nc12. The molecule has 0 saturated heterocycles. The van der Waals surface area contributed by atoms with E-state index in [-0.39, 0.29) is 5.91 Å². The lowest BCUT2D eigenvalue weighted by Gasteiger charge is -2.05. The van der Waals surface area contributed by atoms with Crippen molar-refractivity contribution in [1.82, 2.24) is 34.7 Å². The molecular formula is C14H17N7O. The third-order valence-corrected chi connectivity index (χ3v) is 3.47. The molecule has 3 heterocycles. The molecule has 0 radical (unpaired) electrons. The molecule has 8 heteroatoms. The van der Waals surface area contributed by atoms with E-state index in [2.05, 4.69) is 25.6 Å². The van der Waals surface area contributed by atoms with Crippen LogP contribution in [0.25, 0.3) is 5.65 Å². The summed E-state index contributed by atoms with van der Waals surface area (Å²) in [6.07, 6.45) is 3.18. The van der Waals surface area contributed by atoms with E-state index in [1.165, 1.54) is 6.20 Å². The van der Waals surface area contributed by atoms with Gasteiger partial charge in [-0.2, -0.15) is 5.10 Å². The van der Waals surface area contributed by atoms with Crippen LogP contribution in [0.3, 0.4) is 0 Å². The quantitative estimate of drug-likeness (QED) is 0.772. The third kappa shape index (κ3) is 2.43. The maximum Gasteiger partial charge on any atom is 0.257 e. The van der Waals surface area contributed by atoms with Crippen LogP contribution in [0.15, 0.2) is 18.6 Å². The maximum absolute atomic E-state index is 12.4. The standard InChI is InChI=1S/C14H17N7O/c1-4-20-8-16-19-12(20)7-15-14(22)11-6-17-21-10(3)5-9(2)18-13(11)21/h5-6,8H,4,7H2,1-3H3,(H,15,22). The van der Waals surface area contributed by atoms with Gasteiger partial charge < -0.3 is 9.88 Å². The Morgan fingerprint density at radius 3 is 2.95 bits per heavy atom. The number of hydrogen-bond donors (Lipinski definition) is 1. The van der Waals surface area contributed by atoms with E-state index >= 15 is 0 Å². The molecule has 0 unspecified atom stereocenters. The number of aryl methyl sites for hydroxylation is 3. The summed E-state index contributed by atoms with van der Waals surface area (Å²) in [4.78, 5) is 16.8. The first-order valence-electron chi connectivity index (χ1n) is 7.07. The van der Waals surface area contributed by atoms with Crippen LogP contribution in [0.4, 0.5) is 0 Å². The van der Waals surface area contributed by atoms with Gasteiger partial charge in [-0.3, -0.25) is 4.79 Å². The first-order chi connectivity index (χ1) is 10.6. The summed E-state index contributed by atoms with van der Waals surface area (Å²) in [6, 6.07) is 1.92. The van der Waals surface area contributed by atoms with Crippen LogP contribution in [0.2, 0.25) is 0 Å². The van der Waals surface area contributed by atoms with Crippen molar-refractivity contribution < 1.29 is 4.79 Å². The minimum absolute atomic E-state index is 0.224. The number of nitrogens with one attached hydrogen (secondary N) is 1. The molecule has 0 fully saturated rings. The van der Waals surface area contributed by atoms with Crippen molar-refractivity contribution in [2.45, 2.75) is 33.9 Å². The predicted octanol–water partition coefficient (Wildman–Crippen LogP) is 0.888. The second-order valence-corrected chi connectivity index (χ2v) is 5.05. The van der Waals surface area contributed by atoms with E-state index in [0.717, 1.165) is 17.9 Å². The first-order valence-corrected chi connectivity index (χ1v) is 7.07. The largest absolute Gasteiger partial charge is 0.345 e. The minimum Gasteiger partial charge on any atom is -0.345 e. The van der Waals surface area contributed by atoms with Gasteiger partial charge in [0.05, 0.1) is 12.7 Å². The maximum atomic E-state index is 12.4. The molecule has 0 aliphatic carbocycles. The summed E-state index contributed by atoms with van der Waals surface area (Å²) in [5, 5.41) is 14.9. The average molecular weight is 299 g/mol. The highest BCUT2D eigenvalue weighted by molar-refractivity contribution is 5.99. The molecule has 0 aromatic carbocycles. The molecular weight excluding hydrogens is 282 g/mol. The highest BCUT2D eigenvalue weighted by Crippen LogP contribution is 2.12. The van der Waals surface area contributed by atoms with Crippen molar-refractivity contribution >= 4 is 11.6 Å². The van der Waals surface area contributed by atoms with E-state index in [1.54, 1.807) is 10.8 Å². The fraction of sp³-hybridized carbons (Fsp3) is 0.357. The number of hydrogen-bond acceptors (Lipinski definition) is 5. The molecule has 1 N–H and O–H groups in total. The summed E-state index contributed by atoms with van der Waals surface area (Å²) >= 11 is 0. The zero-order valence-electron chi connectivity index (χ0n) is 12.7. The smallest absolute Gasteiger partial charge is 0.257 e. The number of carbonyl (C=O) groups is 1. The number of carbonyl (C=O) groups excluding carboxylic acids is 1. The fourth-order valence-corrected chi connectivity index (χ4v) is 2.37. The van der Waals surface area contributed by atoms with Gasteiger partial charge in [-0.1, -0.05) is 0 Å². The number of aromatic nitrogens is 6. The fourth-order valence-electron chi connectivity index (χ4n) is 2.37. The van der Waals surface area contributed by atoms with Crippen LogP contribution in [0.1, 0.15) is 34.5 Å². The van der Waals surface area contributed by atoms with E-state index in [4.69, 9.17) is 0 Å². The van der Waals surface area contributed by atoms with Crippen LogP contribution in [0, 0.1) is 13.8 Å². The number of rotatable bonds is 4. The van der Waals surface area contributed by atoms with Crippen LogP contribution >= 0.6 is 0 Å². The van der Waals surface area contributed by atoms with Crippen molar-refractivity contribution in [1.29, 1.82) is 0 Å². The Bertz CT molecular complexity index is 833. The average Bonchev–Trinajstić information content (AvgIpc) is 3.10. The Balaban J connectivity index is 1.84. The van der Waals surface area contributed by atoms with Gasteiger partial charge in [-0.25, -0.2) is 9.50 Å². The van der Waals surface area contributed by atoms with Gasteiger partial charge in [0.2, 0.25) is 0 Å². The zero-order valence-corrected chi connectivity index (χ0v) is 12.7. The molecule has 8 nitrogen and oxygen atoms in total.